The average Bonchev–Trinajstić information content (AvgIpc) is 2.77. The van der Waals surface area contributed by atoms with Gasteiger partial charge in [-0.3, -0.25) is 0 Å². The molecule has 0 saturated carbocycles. The smallest absolute Gasteiger partial charge is 0.342 e. The van der Waals surface area contributed by atoms with Crippen molar-refractivity contribution < 1.29 is 23.7 Å². The summed E-state index contributed by atoms with van der Waals surface area (Å²) in [5, 5.41) is 0. The van der Waals surface area contributed by atoms with Crippen LogP contribution < -0.4 is 14.2 Å². The lowest BCUT2D eigenvalue weighted by molar-refractivity contribution is 0.0467. The first kappa shape index (κ1) is 20.7. The third-order valence-corrected chi connectivity index (χ3v) is 4.74. The predicted molar refractivity (Wildman–Crippen MR) is 114 cm³/mol. The highest BCUT2D eigenvalue weighted by Gasteiger charge is 2.15. The zero-order valence-electron chi connectivity index (χ0n) is 16.2. The van der Waals surface area contributed by atoms with Crippen molar-refractivity contribution in [3.05, 3.63) is 87.9 Å². The first-order valence-corrected chi connectivity index (χ1v) is 9.73. The molecule has 3 aromatic rings. The van der Waals surface area contributed by atoms with Crippen LogP contribution in [0.25, 0.3) is 0 Å². The maximum Gasteiger partial charge on any atom is 0.342 e. The summed E-state index contributed by atoms with van der Waals surface area (Å²) in [4.78, 5) is 12.6. The van der Waals surface area contributed by atoms with E-state index in [9.17, 15) is 4.79 Å². The van der Waals surface area contributed by atoms with E-state index in [1.165, 1.54) is 0 Å². The summed E-state index contributed by atoms with van der Waals surface area (Å²) in [6, 6.07) is 20.2. The van der Waals surface area contributed by atoms with Crippen LogP contribution in [0, 0.1) is 0 Å². The van der Waals surface area contributed by atoms with Crippen molar-refractivity contribution in [1.82, 2.24) is 0 Å². The predicted octanol–water partition coefficient (Wildman–Crippen LogP) is 5.40. The number of ether oxygens (including phenoxy) is 4. The second-order valence-corrected chi connectivity index (χ2v) is 7.12. The molecular formula is C23H21BrO5. The highest BCUT2D eigenvalue weighted by molar-refractivity contribution is 9.10. The summed E-state index contributed by atoms with van der Waals surface area (Å²) in [5.41, 5.74) is 2.20. The Kier molecular flexibility index (Phi) is 7.14. The van der Waals surface area contributed by atoms with Crippen LogP contribution in [0.2, 0.25) is 0 Å². The van der Waals surface area contributed by atoms with Gasteiger partial charge in [-0.1, -0.05) is 40.2 Å². The Morgan fingerprint density at radius 2 is 1.34 bits per heavy atom. The quantitative estimate of drug-likeness (QED) is 0.424. The lowest BCUT2D eigenvalue weighted by atomic mass is 10.2. The molecule has 3 aromatic carbocycles. The summed E-state index contributed by atoms with van der Waals surface area (Å²) in [6.45, 7) is 0.484. The van der Waals surface area contributed by atoms with Gasteiger partial charge in [0.25, 0.3) is 0 Å². The number of hydrogen-bond donors (Lipinski definition) is 0. The molecular weight excluding hydrogens is 436 g/mol. The van der Waals surface area contributed by atoms with Gasteiger partial charge < -0.3 is 18.9 Å². The molecule has 29 heavy (non-hydrogen) atoms. The number of benzene rings is 3. The van der Waals surface area contributed by atoms with Gasteiger partial charge in [0.1, 0.15) is 36.0 Å². The lowest BCUT2D eigenvalue weighted by Crippen LogP contribution is -2.08. The molecule has 0 aliphatic heterocycles. The van der Waals surface area contributed by atoms with E-state index in [2.05, 4.69) is 15.9 Å². The van der Waals surface area contributed by atoms with Crippen molar-refractivity contribution in [1.29, 1.82) is 0 Å². The Hall–Kier alpha value is -2.99. The van der Waals surface area contributed by atoms with Crippen LogP contribution in [0.3, 0.4) is 0 Å². The summed E-state index contributed by atoms with van der Waals surface area (Å²) >= 11 is 3.40. The van der Waals surface area contributed by atoms with Crippen LogP contribution in [0.15, 0.2) is 71.2 Å². The molecule has 5 nitrogen and oxygen atoms in total. The molecule has 0 aliphatic carbocycles. The SMILES string of the molecule is COc1ccc(COC(=O)c2cc(Br)ccc2OCc2ccc(OC)cc2)cc1. The van der Waals surface area contributed by atoms with Gasteiger partial charge in [0, 0.05) is 4.47 Å². The van der Waals surface area contributed by atoms with E-state index in [0.717, 1.165) is 27.1 Å². The van der Waals surface area contributed by atoms with Crippen LogP contribution in [-0.4, -0.2) is 20.2 Å². The molecule has 0 spiro atoms. The van der Waals surface area contributed by atoms with Crippen molar-refractivity contribution >= 4 is 21.9 Å². The van der Waals surface area contributed by atoms with E-state index >= 15 is 0 Å². The molecule has 0 unspecified atom stereocenters. The second-order valence-electron chi connectivity index (χ2n) is 6.20. The number of carbonyl (C=O) groups excluding carboxylic acids is 1. The minimum absolute atomic E-state index is 0.160. The highest BCUT2D eigenvalue weighted by atomic mass is 79.9. The number of hydrogen-bond acceptors (Lipinski definition) is 5. The fourth-order valence-electron chi connectivity index (χ4n) is 2.62. The Bertz CT molecular complexity index is 952. The van der Waals surface area contributed by atoms with Gasteiger partial charge in [-0.05, 0) is 53.6 Å². The fraction of sp³-hybridized carbons (Fsp3) is 0.174. The summed E-state index contributed by atoms with van der Waals surface area (Å²) in [5.74, 6) is 1.54. The van der Waals surface area contributed by atoms with E-state index in [1.807, 2.05) is 54.6 Å². The van der Waals surface area contributed by atoms with Gasteiger partial charge in [0.2, 0.25) is 0 Å². The number of halogens is 1. The van der Waals surface area contributed by atoms with Crippen LogP contribution in [0.4, 0.5) is 0 Å². The number of esters is 1. The standard InChI is InChI=1S/C23H21BrO5/c1-26-19-8-3-16(4-9-19)14-28-22-12-7-18(24)13-21(22)23(25)29-15-17-5-10-20(27-2)11-6-17/h3-13H,14-15H2,1-2H3. The van der Waals surface area contributed by atoms with E-state index in [-0.39, 0.29) is 6.61 Å². The normalized spacial score (nSPS) is 10.3. The molecule has 0 bridgehead atoms. The second kappa shape index (κ2) is 9.98. The van der Waals surface area contributed by atoms with E-state index in [4.69, 9.17) is 18.9 Å². The van der Waals surface area contributed by atoms with Gasteiger partial charge in [0.05, 0.1) is 14.2 Å². The van der Waals surface area contributed by atoms with Crippen molar-refractivity contribution in [2.24, 2.45) is 0 Å². The molecule has 0 aliphatic rings. The van der Waals surface area contributed by atoms with Crippen LogP contribution in [-0.2, 0) is 18.0 Å². The third-order valence-electron chi connectivity index (χ3n) is 4.24. The monoisotopic (exact) mass is 456 g/mol. The van der Waals surface area contributed by atoms with Crippen molar-refractivity contribution in [2.75, 3.05) is 14.2 Å². The Morgan fingerprint density at radius 3 is 1.90 bits per heavy atom. The molecule has 0 radical (unpaired) electrons. The highest BCUT2D eigenvalue weighted by Crippen LogP contribution is 2.26. The molecule has 0 amide bonds. The molecule has 0 fully saturated rings. The molecule has 150 valence electrons. The molecule has 0 N–H and O–H groups in total. The number of carbonyl (C=O) groups is 1. The minimum Gasteiger partial charge on any atom is -0.497 e. The average molecular weight is 457 g/mol. The zero-order chi connectivity index (χ0) is 20.6. The van der Waals surface area contributed by atoms with Gasteiger partial charge in [-0.2, -0.15) is 0 Å². The minimum atomic E-state index is -0.452. The Balaban J connectivity index is 1.66. The summed E-state index contributed by atoms with van der Waals surface area (Å²) < 4.78 is 22.4. The zero-order valence-corrected chi connectivity index (χ0v) is 17.8. The van der Waals surface area contributed by atoms with Gasteiger partial charge >= 0.3 is 5.97 Å². The number of rotatable bonds is 8. The Labute approximate surface area is 178 Å². The van der Waals surface area contributed by atoms with Gasteiger partial charge in [-0.15, -0.1) is 0 Å². The largest absolute Gasteiger partial charge is 0.497 e. The van der Waals surface area contributed by atoms with Crippen molar-refractivity contribution in [3.8, 4) is 17.2 Å². The first-order chi connectivity index (χ1) is 14.1. The molecule has 0 aromatic heterocycles. The third kappa shape index (κ3) is 5.74. The van der Waals surface area contributed by atoms with Crippen molar-refractivity contribution in [3.63, 3.8) is 0 Å². The lowest BCUT2D eigenvalue weighted by Gasteiger charge is -2.12. The fourth-order valence-corrected chi connectivity index (χ4v) is 2.98. The topological polar surface area (TPSA) is 54.0 Å². The first-order valence-electron chi connectivity index (χ1n) is 8.94. The van der Waals surface area contributed by atoms with E-state index < -0.39 is 5.97 Å². The van der Waals surface area contributed by atoms with Crippen LogP contribution >= 0.6 is 15.9 Å². The van der Waals surface area contributed by atoms with Gasteiger partial charge in [-0.25, -0.2) is 4.79 Å². The molecule has 0 saturated heterocycles. The molecule has 0 atom stereocenters. The van der Waals surface area contributed by atoms with E-state index in [0.29, 0.717) is 17.9 Å². The Morgan fingerprint density at radius 1 is 0.793 bits per heavy atom. The molecule has 3 rings (SSSR count). The van der Waals surface area contributed by atoms with E-state index in [1.54, 1.807) is 26.4 Å². The molecule has 6 heteroatoms. The molecule has 0 heterocycles. The summed E-state index contributed by atoms with van der Waals surface area (Å²) in [7, 11) is 3.23. The number of methoxy groups -OCH3 is 2. The van der Waals surface area contributed by atoms with Crippen molar-refractivity contribution in [2.45, 2.75) is 13.2 Å². The van der Waals surface area contributed by atoms with Crippen LogP contribution in [0.1, 0.15) is 21.5 Å². The van der Waals surface area contributed by atoms with Gasteiger partial charge in [0.15, 0.2) is 0 Å². The maximum absolute atomic E-state index is 12.6. The maximum atomic E-state index is 12.6. The summed E-state index contributed by atoms with van der Waals surface area (Å²) in [6.07, 6.45) is 0. The van der Waals surface area contributed by atoms with Crippen LogP contribution in [0.5, 0.6) is 17.2 Å².